The lowest BCUT2D eigenvalue weighted by Gasteiger charge is -2.31. The van der Waals surface area contributed by atoms with Gasteiger partial charge in [0.05, 0.1) is 12.7 Å². The number of nitrogens with zero attached hydrogens (tertiary/aromatic N) is 1. The molecule has 0 unspecified atom stereocenters. The average molecular weight is 281 g/mol. The van der Waals surface area contributed by atoms with Crippen LogP contribution in [-0.4, -0.2) is 19.6 Å². The van der Waals surface area contributed by atoms with Crippen molar-refractivity contribution in [3.05, 3.63) is 65.2 Å². The summed E-state index contributed by atoms with van der Waals surface area (Å²) in [6.45, 7) is 1.95. The number of benzene rings is 2. The Hall–Kier alpha value is -2.29. The van der Waals surface area contributed by atoms with E-state index in [0.29, 0.717) is 5.56 Å². The summed E-state index contributed by atoms with van der Waals surface area (Å²) in [4.78, 5) is 13.9. The second kappa shape index (κ2) is 6.00. The van der Waals surface area contributed by atoms with E-state index in [4.69, 9.17) is 4.74 Å². The fourth-order valence-corrected chi connectivity index (χ4v) is 2.86. The van der Waals surface area contributed by atoms with E-state index in [1.807, 2.05) is 24.3 Å². The summed E-state index contributed by atoms with van der Waals surface area (Å²) in [5.41, 5.74) is 4.57. The molecule has 0 saturated carbocycles. The molecule has 0 aromatic heterocycles. The van der Waals surface area contributed by atoms with Gasteiger partial charge in [-0.1, -0.05) is 30.3 Å². The number of carbonyl (C=O) groups excluding carboxylic acids is 1. The molecular formula is C18H19NO2. The van der Waals surface area contributed by atoms with Crippen molar-refractivity contribution < 1.29 is 9.53 Å². The molecule has 0 amide bonds. The van der Waals surface area contributed by atoms with Crippen LogP contribution in [0.5, 0.6) is 0 Å². The van der Waals surface area contributed by atoms with Crippen molar-refractivity contribution in [3.63, 3.8) is 0 Å². The summed E-state index contributed by atoms with van der Waals surface area (Å²) in [7, 11) is 1.40. The first kappa shape index (κ1) is 13.7. The normalized spacial score (nSPS) is 13.7. The minimum absolute atomic E-state index is 0.287. The van der Waals surface area contributed by atoms with Crippen LogP contribution in [0, 0.1) is 0 Å². The van der Waals surface area contributed by atoms with E-state index in [2.05, 4.69) is 29.2 Å². The average Bonchev–Trinajstić information content (AvgIpc) is 2.55. The molecular weight excluding hydrogens is 262 g/mol. The molecule has 2 aromatic rings. The van der Waals surface area contributed by atoms with Crippen molar-refractivity contribution in [1.29, 1.82) is 0 Å². The van der Waals surface area contributed by atoms with Crippen LogP contribution in [-0.2, 0) is 17.7 Å². The number of ether oxygens (including phenoxy) is 1. The Balaban J connectivity index is 1.77. The molecule has 2 aromatic carbocycles. The van der Waals surface area contributed by atoms with Gasteiger partial charge in [0.25, 0.3) is 0 Å². The molecule has 0 bridgehead atoms. The summed E-state index contributed by atoms with van der Waals surface area (Å²) in [6, 6.07) is 16.3. The zero-order valence-electron chi connectivity index (χ0n) is 12.2. The number of fused-ring (bicyclic) bond motifs is 1. The molecule has 108 valence electrons. The van der Waals surface area contributed by atoms with E-state index >= 15 is 0 Å². The molecule has 0 aliphatic carbocycles. The van der Waals surface area contributed by atoms with Gasteiger partial charge in [0.15, 0.2) is 0 Å². The highest BCUT2D eigenvalue weighted by Crippen LogP contribution is 2.28. The molecule has 1 aliphatic heterocycles. The Morgan fingerprint density at radius 2 is 1.90 bits per heavy atom. The van der Waals surface area contributed by atoms with Crippen LogP contribution < -0.4 is 4.90 Å². The smallest absolute Gasteiger partial charge is 0.337 e. The van der Waals surface area contributed by atoms with Crippen LogP contribution in [0.2, 0.25) is 0 Å². The minimum Gasteiger partial charge on any atom is -0.465 e. The van der Waals surface area contributed by atoms with E-state index in [-0.39, 0.29) is 5.97 Å². The zero-order valence-corrected chi connectivity index (χ0v) is 12.2. The highest BCUT2D eigenvalue weighted by atomic mass is 16.5. The molecule has 0 spiro atoms. The zero-order chi connectivity index (χ0) is 14.7. The van der Waals surface area contributed by atoms with Crippen molar-refractivity contribution in [2.75, 3.05) is 18.6 Å². The molecule has 1 aliphatic rings. The number of anilines is 1. The number of carbonyl (C=O) groups is 1. The quantitative estimate of drug-likeness (QED) is 0.807. The molecule has 0 saturated heterocycles. The second-order valence-corrected chi connectivity index (χ2v) is 5.34. The standard InChI is InChI=1S/C18H19NO2/c1-21-18(20)16-10-8-14(9-11-16)13-19-12-4-6-15-5-2-3-7-17(15)19/h2-3,5,7-11H,4,6,12-13H2,1H3. The molecule has 0 N–H and O–H groups in total. The molecule has 3 rings (SSSR count). The summed E-state index contributed by atoms with van der Waals surface area (Å²) in [5, 5.41) is 0. The van der Waals surface area contributed by atoms with Gasteiger partial charge < -0.3 is 9.64 Å². The maximum absolute atomic E-state index is 11.4. The summed E-state index contributed by atoms with van der Waals surface area (Å²) in [5.74, 6) is -0.287. The maximum Gasteiger partial charge on any atom is 0.337 e. The first-order valence-electron chi connectivity index (χ1n) is 7.28. The van der Waals surface area contributed by atoms with Gasteiger partial charge in [0.2, 0.25) is 0 Å². The van der Waals surface area contributed by atoms with Crippen LogP contribution in [0.1, 0.15) is 27.9 Å². The molecule has 21 heavy (non-hydrogen) atoms. The molecule has 3 heteroatoms. The lowest BCUT2D eigenvalue weighted by molar-refractivity contribution is 0.0600. The van der Waals surface area contributed by atoms with Crippen molar-refractivity contribution in [3.8, 4) is 0 Å². The highest BCUT2D eigenvalue weighted by Gasteiger charge is 2.16. The SMILES string of the molecule is COC(=O)c1ccc(CN2CCCc3ccccc32)cc1. The Kier molecular flexibility index (Phi) is 3.91. The van der Waals surface area contributed by atoms with Gasteiger partial charge in [-0.2, -0.15) is 0 Å². The number of esters is 1. The Bertz CT molecular complexity index is 634. The lowest BCUT2D eigenvalue weighted by atomic mass is 10.0. The van der Waals surface area contributed by atoms with Crippen LogP contribution >= 0.6 is 0 Å². The summed E-state index contributed by atoms with van der Waals surface area (Å²) in [6.07, 6.45) is 2.35. The van der Waals surface area contributed by atoms with Crippen LogP contribution in [0.4, 0.5) is 5.69 Å². The first-order chi connectivity index (χ1) is 10.3. The van der Waals surface area contributed by atoms with Crippen molar-refractivity contribution in [2.24, 2.45) is 0 Å². The van der Waals surface area contributed by atoms with Crippen LogP contribution in [0.15, 0.2) is 48.5 Å². The number of hydrogen-bond acceptors (Lipinski definition) is 3. The molecule has 3 nitrogen and oxygen atoms in total. The van der Waals surface area contributed by atoms with Gasteiger partial charge in [-0.05, 0) is 42.2 Å². The van der Waals surface area contributed by atoms with Gasteiger partial charge in [-0.15, -0.1) is 0 Å². The third-order valence-electron chi connectivity index (χ3n) is 3.95. The van der Waals surface area contributed by atoms with E-state index in [1.165, 1.54) is 30.3 Å². The number of hydrogen-bond donors (Lipinski definition) is 0. The Labute approximate surface area is 125 Å². The van der Waals surface area contributed by atoms with Gasteiger partial charge in [0, 0.05) is 18.8 Å². The lowest BCUT2D eigenvalue weighted by Crippen LogP contribution is -2.28. The van der Waals surface area contributed by atoms with Crippen LogP contribution in [0.25, 0.3) is 0 Å². The first-order valence-corrected chi connectivity index (χ1v) is 7.28. The number of para-hydroxylation sites is 1. The third-order valence-corrected chi connectivity index (χ3v) is 3.95. The maximum atomic E-state index is 11.4. The van der Waals surface area contributed by atoms with E-state index in [9.17, 15) is 4.79 Å². The predicted octanol–water partition coefficient (Wildman–Crippen LogP) is 3.43. The van der Waals surface area contributed by atoms with Gasteiger partial charge in [0.1, 0.15) is 0 Å². The molecule has 0 radical (unpaired) electrons. The molecule has 0 atom stereocenters. The second-order valence-electron chi connectivity index (χ2n) is 5.34. The highest BCUT2D eigenvalue weighted by molar-refractivity contribution is 5.89. The largest absolute Gasteiger partial charge is 0.465 e. The Morgan fingerprint density at radius 1 is 1.14 bits per heavy atom. The van der Waals surface area contributed by atoms with Crippen molar-refractivity contribution >= 4 is 11.7 Å². The number of aryl methyl sites for hydroxylation is 1. The van der Waals surface area contributed by atoms with E-state index in [1.54, 1.807) is 0 Å². The molecule has 0 fully saturated rings. The van der Waals surface area contributed by atoms with Gasteiger partial charge >= 0.3 is 5.97 Å². The van der Waals surface area contributed by atoms with Gasteiger partial charge in [-0.3, -0.25) is 0 Å². The van der Waals surface area contributed by atoms with Gasteiger partial charge in [-0.25, -0.2) is 4.79 Å². The fourth-order valence-electron chi connectivity index (χ4n) is 2.86. The number of rotatable bonds is 3. The topological polar surface area (TPSA) is 29.5 Å². The summed E-state index contributed by atoms with van der Waals surface area (Å²) >= 11 is 0. The number of methoxy groups -OCH3 is 1. The van der Waals surface area contributed by atoms with E-state index in [0.717, 1.165) is 19.5 Å². The van der Waals surface area contributed by atoms with E-state index < -0.39 is 0 Å². The summed E-state index contributed by atoms with van der Waals surface area (Å²) < 4.78 is 4.72. The fraction of sp³-hybridized carbons (Fsp3) is 0.278. The predicted molar refractivity (Wildman–Crippen MR) is 83.6 cm³/mol. The molecule has 1 heterocycles. The third kappa shape index (κ3) is 2.92. The van der Waals surface area contributed by atoms with Crippen molar-refractivity contribution in [2.45, 2.75) is 19.4 Å². The monoisotopic (exact) mass is 281 g/mol. The Morgan fingerprint density at radius 3 is 2.67 bits per heavy atom. The van der Waals surface area contributed by atoms with Crippen molar-refractivity contribution in [1.82, 2.24) is 0 Å². The van der Waals surface area contributed by atoms with Crippen LogP contribution in [0.3, 0.4) is 0 Å². The minimum atomic E-state index is -0.287.